The molecule has 1 heterocycles. The van der Waals surface area contributed by atoms with Gasteiger partial charge in [-0.05, 0) is 50.9 Å². The fourth-order valence-electron chi connectivity index (χ4n) is 2.98. The first-order valence-electron chi connectivity index (χ1n) is 8.83. The third-order valence-electron chi connectivity index (χ3n) is 4.54. The number of carbonyl (C=O) groups is 2. The zero-order valence-corrected chi connectivity index (χ0v) is 15.3. The van der Waals surface area contributed by atoms with Crippen LogP contribution in [0.25, 0.3) is 0 Å². The van der Waals surface area contributed by atoms with Crippen LogP contribution in [0.15, 0.2) is 18.2 Å². The Morgan fingerprint density at radius 1 is 1.20 bits per heavy atom. The molecule has 1 aliphatic rings. The Labute approximate surface area is 149 Å². The summed E-state index contributed by atoms with van der Waals surface area (Å²) >= 11 is 0. The Balaban J connectivity index is 1.81. The van der Waals surface area contributed by atoms with Crippen LogP contribution in [0.5, 0.6) is 5.75 Å². The summed E-state index contributed by atoms with van der Waals surface area (Å²) in [6, 6.07) is 5.98. The number of ether oxygens (including phenoxy) is 1. The average Bonchev–Trinajstić information content (AvgIpc) is 2.58. The molecule has 1 aromatic carbocycles. The smallest absolute Gasteiger partial charge is 0.303 e. The third-order valence-corrected chi connectivity index (χ3v) is 4.54. The predicted molar refractivity (Wildman–Crippen MR) is 95.9 cm³/mol. The van der Waals surface area contributed by atoms with Gasteiger partial charge in [-0.15, -0.1) is 0 Å². The van der Waals surface area contributed by atoms with Crippen LogP contribution in [0.2, 0.25) is 0 Å². The highest BCUT2D eigenvalue weighted by Gasteiger charge is 2.26. The molecule has 138 valence electrons. The lowest BCUT2D eigenvalue weighted by Crippen LogP contribution is -2.52. The van der Waals surface area contributed by atoms with Crippen molar-refractivity contribution in [3.8, 4) is 5.75 Å². The number of benzene rings is 1. The predicted octanol–water partition coefficient (Wildman–Crippen LogP) is 2.08. The maximum absolute atomic E-state index is 12.6. The van der Waals surface area contributed by atoms with Crippen LogP contribution in [0.1, 0.15) is 30.9 Å². The molecule has 6 heteroatoms. The molecule has 1 saturated heterocycles. The van der Waals surface area contributed by atoms with Crippen molar-refractivity contribution in [1.82, 2.24) is 9.80 Å². The van der Waals surface area contributed by atoms with E-state index in [0.29, 0.717) is 19.5 Å². The number of rotatable bonds is 7. The number of nitrogens with zero attached hydrogens (tertiary/aromatic N) is 2. The number of amides is 1. The van der Waals surface area contributed by atoms with Gasteiger partial charge in [0.05, 0.1) is 0 Å². The Morgan fingerprint density at radius 3 is 2.52 bits per heavy atom. The van der Waals surface area contributed by atoms with Gasteiger partial charge in [0.25, 0.3) is 5.91 Å². The van der Waals surface area contributed by atoms with E-state index in [2.05, 4.69) is 4.90 Å². The van der Waals surface area contributed by atoms with Crippen molar-refractivity contribution in [3.63, 3.8) is 0 Å². The van der Waals surface area contributed by atoms with Gasteiger partial charge in [0.15, 0.2) is 6.10 Å². The van der Waals surface area contributed by atoms with Gasteiger partial charge in [-0.25, -0.2) is 0 Å². The highest BCUT2D eigenvalue weighted by Crippen LogP contribution is 2.21. The summed E-state index contributed by atoms with van der Waals surface area (Å²) in [7, 11) is 0. The lowest BCUT2D eigenvalue weighted by atomic mass is 10.1. The molecule has 2 rings (SSSR count). The summed E-state index contributed by atoms with van der Waals surface area (Å²) in [6.45, 7) is 9.42. The SMILES string of the molecule is Cc1ccc(C)c(OC(C)C(=O)N2CCN(CCCC(=O)O)CC2)c1. The fraction of sp³-hybridized carbons (Fsp3) is 0.579. The molecule has 25 heavy (non-hydrogen) atoms. The van der Waals surface area contributed by atoms with Gasteiger partial charge in [-0.3, -0.25) is 14.5 Å². The van der Waals surface area contributed by atoms with Crippen LogP contribution < -0.4 is 4.74 Å². The lowest BCUT2D eigenvalue weighted by Gasteiger charge is -2.35. The fourth-order valence-corrected chi connectivity index (χ4v) is 2.98. The van der Waals surface area contributed by atoms with E-state index >= 15 is 0 Å². The van der Waals surface area contributed by atoms with Crippen LogP contribution in [0.4, 0.5) is 0 Å². The zero-order valence-electron chi connectivity index (χ0n) is 15.3. The minimum absolute atomic E-state index is 0.00564. The molecule has 1 atom stereocenters. The van der Waals surface area contributed by atoms with Crippen LogP contribution in [0.3, 0.4) is 0 Å². The molecule has 1 amide bonds. The second kappa shape index (κ2) is 8.85. The standard InChI is InChI=1S/C19H28N2O4/c1-14-6-7-15(2)17(13-14)25-16(3)19(24)21-11-9-20(10-12-21)8-4-5-18(22)23/h6-7,13,16H,4-5,8-12H2,1-3H3,(H,22,23). The van der Waals surface area contributed by atoms with E-state index in [0.717, 1.165) is 36.5 Å². The number of hydrogen-bond donors (Lipinski definition) is 1. The molecular weight excluding hydrogens is 320 g/mol. The second-order valence-electron chi connectivity index (χ2n) is 6.69. The van der Waals surface area contributed by atoms with E-state index in [1.165, 1.54) is 0 Å². The molecule has 0 aromatic heterocycles. The minimum atomic E-state index is -0.758. The molecule has 0 radical (unpaired) electrons. The normalized spacial score (nSPS) is 16.5. The lowest BCUT2D eigenvalue weighted by molar-refractivity contribution is -0.139. The topological polar surface area (TPSA) is 70.1 Å². The van der Waals surface area contributed by atoms with Crippen molar-refractivity contribution in [1.29, 1.82) is 0 Å². The monoisotopic (exact) mass is 348 g/mol. The number of hydrogen-bond acceptors (Lipinski definition) is 4. The second-order valence-corrected chi connectivity index (χ2v) is 6.69. The Bertz CT molecular complexity index is 609. The molecule has 1 aliphatic heterocycles. The first-order valence-corrected chi connectivity index (χ1v) is 8.83. The summed E-state index contributed by atoms with van der Waals surface area (Å²) in [5.41, 5.74) is 2.13. The van der Waals surface area contributed by atoms with Crippen LogP contribution in [-0.4, -0.2) is 65.6 Å². The van der Waals surface area contributed by atoms with Gasteiger partial charge in [0.1, 0.15) is 5.75 Å². The van der Waals surface area contributed by atoms with E-state index in [4.69, 9.17) is 9.84 Å². The minimum Gasteiger partial charge on any atom is -0.481 e. The molecule has 1 unspecified atom stereocenters. The molecular formula is C19H28N2O4. The van der Waals surface area contributed by atoms with E-state index < -0.39 is 12.1 Å². The molecule has 0 aliphatic carbocycles. The highest BCUT2D eigenvalue weighted by molar-refractivity contribution is 5.81. The number of carboxylic acid groups (broad SMARTS) is 1. The van der Waals surface area contributed by atoms with Crippen molar-refractivity contribution >= 4 is 11.9 Å². The largest absolute Gasteiger partial charge is 0.481 e. The Kier molecular flexibility index (Phi) is 6.82. The molecule has 0 bridgehead atoms. The van der Waals surface area contributed by atoms with Crippen molar-refractivity contribution in [2.24, 2.45) is 0 Å². The summed E-state index contributed by atoms with van der Waals surface area (Å²) in [6.07, 6.45) is 0.328. The van der Waals surface area contributed by atoms with Crippen LogP contribution in [-0.2, 0) is 9.59 Å². The van der Waals surface area contributed by atoms with Gasteiger partial charge < -0.3 is 14.7 Å². The van der Waals surface area contributed by atoms with E-state index in [1.807, 2.05) is 36.9 Å². The molecule has 1 N–H and O–H groups in total. The molecule has 0 saturated carbocycles. The van der Waals surface area contributed by atoms with Crippen LogP contribution in [0, 0.1) is 13.8 Å². The molecule has 1 fully saturated rings. The number of carbonyl (C=O) groups excluding carboxylic acids is 1. The maximum Gasteiger partial charge on any atom is 0.303 e. The average molecular weight is 348 g/mol. The quantitative estimate of drug-likeness (QED) is 0.817. The first kappa shape index (κ1) is 19.2. The number of aliphatic carboxylic acids is 1. The Hall–Kier alpha value is -2.08. The van der Waals surface area contributed by atoms with E-state index in [1.54, 1.807) is 6.92 Å². The molecule has 6 nitrogen and oxygen atoms in total. The van der Waals surface area contributed by atoms with Crippen LogP contribution >= 0.6 is 0 Å². The van der Waals surface area contributed by atoms with E-state index in [9.17, 15) is 9.59 Å². The van der Waals surface area contributed by atoms with Crippen molar-refractivity contribution in [2.45, 2.75) is 39.7 Å². The highest BCUT2D eigenvalue weighted by atomic mass is 16.5. The third kappa shape index (κ3) is 5.74. The maximum atomic E-state index is 12.6. The summed E-state index contributed by atoms with van der Waals surface area (Å²) < 4.78 is 5.89. The number of piperazine rings is 1. The van der Waals surface area contributed by atoms with Gasteiger partial charge in [0.2, 0.25) is 0 Å². The number of aryl methyl sites for hydroxylation is 2. The first-order chi connectivity index (χ1) is 11.9. The van der Waals surface area contributed by atoms with Crippen molar-refractivity contribution in [2.75, 3.05) is 32.7 Å². The van der Waals surface area contributed by atoms with E-state index in [-0.39, 0.29) is 12.3 Å². The van der Waals surface area contributed by atoms with Gasteiger partial charge in [-0.1, -0.05) is 12.1 Å². The van der Waals surface area contributed by atoms with Gasteiger partial charge >= 0.3 is 5.97 Å². The summed E-state index contributed by atoms with van der Waals surface area (Å²) in [5.74, 6) is 0.00507. The number of carboxylic acids is 1. The van der Waals surface area contributed by atoms with Gasteiger partial charge in [0, 0.05) is 32.6 Å². The van der Waals surface area contributed by atoms with Crippen molar-refractivity contribution in [3.05, 3.63) is 29.3 Å². The van der Waals surface area contributed by atoms with Crippen molar-refractivity contribution < 1.29 is 19.4 Å². The molecule has 1 aromatic rings. The zero-order chi connectivity index (χ0) is 18.4. The Morgan fingerprint density at radius 2 is 1.88 bits per heavy atom. The van der Waals surface area contributed by atoms with Gasteiger partial charge in [-0.2, -0.15) is 0 Å². The molecule has 0 spiro atoms. The summed E-state index contributed by atoms with van der Waals surface area (Å²) in [4.78, 5) is 27.2. The summed E-state index contributed by atoms with van der Waals surface area (Å²) in [5, 5.41) is 8.69.